The van der Waals surface area contributed by atoms with Gasteiger partial charge in [-0.15, -0.1) is 6.58 Å². The van der Waals surface area contributed by atoms with Gasteiger partial charge in [0.1, 0.15) is 0 Å². The van der Waals surface area contributed by atoms with Crippen molar-refractivity contribution in [3.8, 4) is 0 Å². The number of hydrogen-bond acceptors (Lipinski definition) is 2. The predicted octanol–water partition coefficient (Wildman–Crippen LogP) is 2.21. The standard InChI is InChI=1S/C15H22N2/c1-3-7-13-11-14(16)15(17(13)2)10-12-8-5-4-6-9-12/h3-6,8-9,13-15H,1,7,10-11,16H2,2H3/t13?,14-,15+/m1/s1. The summed E-state index contributed by atoms with van der Waals surface area (Å²) in [4.78, 5) is 2.43. The molecule has 1 saturated heterocycles. The fraction of sp³-hybridized carbons (Fsp3) is 0.467. The normalized spacial score (nSPS) is 29.4. The third kappa shape index (κ3) is 2.76. The fourth-order valence-corrected chi connectivity index (χ4v) is 2.82. The first-order chi connectivity index (χ1) is 8.22. The second-order valence-corrected chi connectivity index (χ2v) is 5.00. The molecule has 0 bridgehead atoms. The quantitative estimate of drug-likeness (QED) is 0.804. The van der Waals surface area contributed by atoms with Gasteiger partial charge in [-0.2, -0.15) is 0 Å². The summed E-state index contributed by atoms with van der Waals surface area (Å²) < 4.78 is 0. The largest absolute Gasteiger partial charge is 0.326 e. The molecular formula is C15H22N2. The lowest BCUT2D eigenvalue weighted by Crippen LogP contribution is -2.40. The zero-order valence-electron chi connectivity index (χ0n) is 10.5. The lowest BCUT2D eigenvalue weighted by molar-refractivity contribution is 0.235. The Morgan fingerprint density at radius 3 is 2.76 bits per heavy atom. The molecule has 0 radical (unpaired) electrons. The van der Waals surface area contributed by atoms with E-state index in [9.17, 15) is 0 Å². The second-order valence-electron chi connectivity index (χ2n) is 5.00. The van der Waals surface area contributed by atoms with Crippen LogP contribution < -0.4 is 5.73 Å². The molecule has 0 spiro atoms. The van der Waals surface area contributed by atoms with E-state index in [4.69, 9.17) is 5.73 Å². The summed E-state index contributed by atoms with van der Waals surface area (Å²) in [5.74, 6) is 0. The Kier molecular flexibility index (Phi) is 3.97. The summed E-state index contributed by atoms with van der Waals surface area (Å²) in [5.41, 5.74) is 7.64. The van der Waals surface area contributed by atoms with E-state index in [1.54, 1.807) is 0 Å². The van der Waals surface area contributed by atoms with E-state index in [0.717, 1.165) is 19.3 Å². The first-order valence-electron chi connectivity index (χ1n) is 6.34. The molecule has 1 aromatic rings. The Bertz CT molecular complexity index is 360. The lowest BCUT2D eigenvalue weighted by atomic mass is 10.0. The molecule has 1 aliphatic heterocycles. The molecule has 3 atom stereocenters. The molecule has 92 valence electrons. The van der Waals surface area contributed by atoms with Crippen molar-refractivity contribution < 1.29 is 0 Å². The van der Waals surface area contributed by atoms with Crippen LogP contribution in [0.2, 0.25) is 0 Å². The van der Waals surface area contributed by atoms with E-state index < -0.39 is 0 Å². The highest BCUT2D eigenvalue weighted by Crippen LogP contribution is 2.26. The van der Waals surface area contributed by atoms with E-state index in [1.807, 2.05) is 6.08 Å². The number of nitrogens with two attached hydrogens (primary N) is 1. The van der Waals surface area contributed by atoms with Gasteiger partial charge in [0.15, 0.2) is 0 Å². The topological polar surface area (TPSA) is 29.3 Å². The van der Waals surface area contributed by atoms with E-state index in [2.05, 4.69) is 48.9 Å². The van der Waals surface area contributed by atoms with Gasteiger partial charge in [-0.3, -0.25) is 4.90 Å². The monoisotopic (exact) mass is 230 g/mol. The van der Waals surface area contributed by atoms with Crippen LogP contribution in [0, 0.1) is 0 Å². The number of nitrogens with zero attached hydrogens (tertiary/aromatic N) is 1. The fourth-order valence-electron chi connectivity index (χ4n) is 2.82. The third-order valence-electron chi connectivity index (χ3n) is 3.86. The molecule has 1 unspecified atom stereocenters. The van der Waals surface area contributed by atoms with Crippen molar-refractivity contribution in [2.24, 2.45) is 5.73 Å². The number of rotatable bonds is 4. The number of hydrogen-bond donors (Lipinski definition) is 1. The van der Waals surface area contributed by atoms with Crippen LogP contribution in [0.25, 0.3) is 0 Å². The molecule has 1 aromatic carbocycles. The molecule has 2 N–H and O–H groups in total. The summed E-state index contributed by atoms with van der Waals surface area (Å²) in [6, 6.07) is 11.9. The first kappa shape index (κ1) is 12.3. The Hall–Kier alpha value is -1.12. The number of likely N-dealkylation sites (N-methyl/N-ethyl adjacent to an activating group) is 1. The van der Waals surface area contributed by atoms with Gasteiger partial charge in [-0.25, -0.2) is 0 Å². The Labute approximate surface area is 104 Å². The highest BCUT2D eigenvalue weighted by Gasteiger charge is 2.35. The highest BCUT2D eigenvalue weighted by atomic mass is 15.2. The molecule has 2 nitrogen and oxygen atoms in total. The van der Waals surface area contributed by atoms with Crippen molar-refractivity contribution in [2.75, 3.05) is 7.05 Å². The van der Waals surface area contributed by atoms with Gasteiger partial charge in [-0.1, -0.05) is 36.4 Å². The van der Waals surface area contributed by atoms with Gasteiger partial charge in [0.2, 0.25) is 0 Å². The SMILES string of the molecule is C=CCC1C[C@@H](N)[C@H](Cc2ccccc2)N1C. The van der Waals surface area contributed by atoms with Crippen LogP contribution in [0.1, 0.15) is 18.4 Å². The van der Waals surface area contributed by atoms with Crippen molar-refractivity contribution in [1.29, 1.82) is 0 Å². The van der Waals surface area contributed by atoms with E-state index in [1.165, 1.54) is 5.56 Å². The van der Waals surface area contributed by atoms with Crippen molar-refractivity contribution in [3.63, 3.8) is 0 Å². The summed E-state index contributed by atoms with van der Waals surface area (Å²) in [6.45, 7) is 3.83. The van der Waals surface area contributed by atoms with Crippen molar-refractivity contribution >= 4 is 0 Å². The van der Waals surface area contributed by atoms with Gasteiger partial charge in [-0.05, 0) is 31.9 Å². The zero-order valence-corrected chi connectivity index (χ0v) is 10.5. The zero-order chi connectivity index (χ0) is 12.3. The van der Waals surface area contributed by atoms with Gasteiger partial charge in [0, 0.05) is 18.1 Å². The molecule has 0 aromatic heterocycles. The van der Waals surface area contributed by atoms with E-state index >= 15 is 0 Å². The van der Waals surface area contributed by atoms with Gasteiger partial charge in [0.25, 0.3) is 0 Å². The lowest BCUT2D eigenvalue weighted by Gasteiger charge is -2.26. The molecular weight excluding hydrogens is 208 g/mol. The maximum atomic E-state index is 6.26. The average Bonchev–Trinajstić information content (AvgIpc) is 2.59. The van der Waals surface area contributed by atoms with Gasteiger partial charge < -0.3 is 5.73 Å². The first-order valence-corrected chi connectivity index (χ1v) is 6.34. The Morgan fingerprint density at radius 1 is 1.41 bits per heavy atom. The molecule has 2 heteroatoms. The summed E-state index contributed by atoms with van der Waals surface area (Å²) in [5, 5.41) is 0. The second kappa shape index (κ2) is 5.48. The summed E-state index contributed by atoms with van der Waals surface area (Å²) in [7, 11) is 2.19. The minimum absolute atomic E-state index is 0.283. The van der Waals surface area contributed by atoms with Crippen molar-refractivity contribution in [2.45, 2.75) is 37.4 Å². The number of likely N-dealkylation sites (tertiary alicyclic amines) is 1. The molecule has 0 aliphatic carbocycles. The Balaban J connectivity index is 2.03. The summed E-state index contributed by atoms with van der Waals surface area (Å²) in [6.07, 6.45) is 5.17. The maximum Gasteiger partial charge on any atom is 0.0288 e. The maximum absolute atomic E-state index is 6.26. The van der Waals surface area contributed by atoms with E-state index in [-0.39, 0.29) is 6.04 Å². The molecule has 0 amide bonds. The molecule has 1 heterocycles. The van der Waals surface area contributed by atoms with Crippen LogP contribution in [-0.4, -0.2) is 30.1 Å². The van der Waals surface area contributed by atoms with Gasteiger partial charge >= 0.3 is 0 Å². The molecule has 1 aliphatic rings. The van der Waals surface area contributed by atoms with Crippen LogP contribution in [-0.2, 0) is 6.42 Å². The average molecular weight is 230 g/mol. The molecule has 2 rings (SSSR count). The minimum atomic E-state index is 0.283. The number of benzene rings is 1. The third-order valence-corrected chi connectivity index (χ3v) is 3.86. The van der Waals surface area contributed by atoms with E-state index in [0.29, 0.717) is 12.1 Å². The molecule has 1 fully saturated rings. The van der Waals surface area contributed by atoms with Crippen LogP contribution in [0.5, 0.6) is 0 Å². The van der Waals surface area contributed by atoms with Gasteiger partial charge in [0.05, 0.1) is 0 Å². The van der Waals surface area contributed by atoms with Crippen molar-refractivity contribution in [1.82, 2.24) is 4.90 Å². The van der Waals surface area contributed by atoms with Crippen LogP contribution in [0.4, 0.5) is 0 Å². The Morgan fingerprint density at radius 2 is 2.12 bits per heavy atom. The molecule has 0 saturated carbocycles. The highest BCUT2D eigenvalue weighted by molar-refractivity contribution is 5.17. The van der Waals surface area contributed by atoms with Crippen LogP contribution in [0.3, 0.4) is 0 Å². The van der Waals surface area contributed by atoms with Crippen molar-refractivity contribution in [3.05, 3.63) is 48.6 Å². The summed E-state index contributed by atoms with van der Waals surface area (Å²) >= 11 is 0. The molecule has 17 heavy (non-hydrogen) atoms. The smallest absolute Gasteiger partial charge is 0.0288 e. The minimum Gasteiger partial charge on any atom is -0.326 e. The van der Waals surface area contributed by atoms with Crippen LogP contribution >= 0.6 is 0 Å². The predicted molar refractivity (Wildman–Crippen MR) is 72.9 cm³/mol. The van der Waals surface area contributed by atoms with Crippen LogP contribution in [0.15, 0.2) is 43.0 Å².